The molecule has 2 N–H and O–H groups in total. The van der Waals surface area contributed by atoms with Crippen LogP contribution >= 0.6 is 0 Å². The molecule has 0 unspecified atom stereocenters. The van der Waals surface area contributed by atoms with Crippen molar-refractivity contribution >= 4 is 22.8 Å². The van der Waals surface area contributed by atoms with Crippen molar-refractivity contribution in [2.24, 2.45) is 7.05 Å². The lowest BCUT2D eigenvalue weighted by atomic mass is 10.0. The van der Waals surface area contributed by atoms with Crippen molar-refractivity contribution < 1.29 is 4.79 Å². The lowest BCUT2D eigenvalue weighted by Crippen LogP contribution is -1.97. The molecule has 0 amide bonds. The van der Waals surface area contributed by atoms with E-state index in [0.717, 1.165) is 16.6 Å². The Balaban J connectivity index is 2.24. The predicted octanol–water partition coefficient (Wildman–Crippen LogP) is 1.82. The zero-order valence-electron chi connectivity index (χ0n) is 11.2. The summed E-state index contributed by atoms with van der Waals surface area (Å²) in [4.78, 5) is 19.7. The number of ketones is 1. The molecule has 3 rings (SSSR count). The van der Waals surface area contributed by atoms with Crippen molar-refractivity contribution in [1.29, 1.82) is 0 Å². The fourth-order valence-corrected chi connectivity index (χ4v) is 2.15. The molecule has 0 bridgehead atoms. The first-order valence-corrected chi connectivity index (χ1v) is 6.13. The number of nitrogens with two attached hydrogens (primary N) is 1. The van der Waals surface area contributed by atoms with Crippen LogP contribution < -0.4 is 5.73 Å². The summed E-state index contributed by atoms with van der Waals surface area (Å²) in [6, 6.07) is 7.35. The van der Waals surface area contributed by atoms with Gasteiger partial charge in [-0.05, 0) is 13.0 Å². The van der Waals surface area contributed by atoms with Gasteiger partial charge in [-0.25, -0.2) is 9.67 Å². The number of hydrogen-bond donors (Lipinski definition) is 1. The number of aryl methyl sites for hydroxylation is 1. The first-order valence-electron chi connectivity index (χ1n) is 6.13. The van der Waals surface area contributed by atoms with E-state index in [1.807, 2.05) is 18.2 Å². The van der Waals surface area contributed by atoms with Crippen molar-refractivity contribution in [2.45, 2.75) is 6.92 Å². The van der Waals surface area contributed by atoms with Crippen LogP contribution in [0, 0.1) is 0 Å². The lowest BCUT2D eigenvalue weighted by Gasteiger charge is -2.00. The van der Waals surface area contributed by atoms with Crippen LogP contribution in [0.5, 0.6) is 0 Å². The Labute approximate surface area is 115 Å². The number of aromatic nitrogens is 4. The van der Waals surface area contributed by atoms with Gasteiger partial charge >= 0.3 is 0 Å². The molecule has 3 aromatic rings. The smallest absolute Gasteiger partial charge is 0.222 e. The maximum absolute atomic E-state index is 11.5. The minimum absolute atomic E-state index is 0.0209. The van der Waals surface area contributed by atoms with Gasteiger partial charge in [0.2, 0.25) is 5.95 Å². The van der Waals surface area contributed by atoms with Crippen molar-refractivity contribution in [3.8, 4) is 11.3 Å². The van der Waals surface area contributed by atoms with Gasteiger partial charge in [0.15, 0.2) is 11.4 Å². The third-order valence-electron chi connectivity index (χ3n) is 3.14. The molecule has 1 aromatic carbocycles. The maximum atomic E-state index is 11.5. The van der Waals surface area contributed by atoms with E-state index in [1.165, 1.54) is 0 Å². The zero-order valence-corrected chi connectivity index (χ0v) is 11.2. The van der Waals surface area contributed by atoms with Crippen LogP contribution in [-0.4, -0.2) is 25.5 Å². The average molecular weight is 267 g/mol. The van der Waals surface area contributed by atoms with Gasteiger partial charge in [-0.2, -0.15) is 10.1 Å². The molecule has 0 aliphatic carbocycles. The number of benzene rings is 1. The van der Waals surface area contributed by atoms with Crippen molar-refractivity contribution in [3.63, 3.8) is 0 Å². The lowest BCUT2D eigenvalue weighted by molar-refractivity contribution is 0.101. The second-order valence-corrected chi connectivity index (χ2v) is 4.57. The number of fused-ring (bicyclic) bond motifs is 1. The van der Waals surface area contributed by atoms with E-state index in [4.69, 9.17) is 5.73 Å². The molecule has 6 nitrogen and oxygen atoms in total. The van der Waals surface area contributed by atoms with Crippen LogP contribution in [0.4, 0.5) is 5.95 Å². The number of nitrogen functional groups attached to an aromatic ring is 1. The molecule has 0 saturated carbocycles. The molecule has 0 aliphatic rings. The molecular weight excluding hydrogens is 254 g/mol. The minimum Gasteiger partial charge on any atom is -0.368 e. The van der Waals surface area contributed by atoms with Crippen molar-refractivity contribution in [2.75, 3.05) is 5.73 Å². The Morgan fingerprint density at radius 3 is 2.90 bits per heavy atom. The number of rotatable bonds is 2. The Kier molecular flexibility index (Phi) is 2.71. The van der Waals surface area contributed by atoms with Crippen LogP contribution in [0.3, 0.4) is 0 Å². The molecule has 0 fully saturated rings. The summed E-state index contributed by atoms with van der Waals surface area (Å²) in [5, 5.41) is 5.26. The number of carbonyl (C=O) groups excluding carboxylic acids is 1. The van der Waals surface area contributed by atoms with Crippen LogP contribution in [0.25, 0.3) is 22.3 Å². The fourth-order valence-electron chi connectivity index (χ4n) is 2.15. The number of nitrogens with zero attached hydrogens (tertiary/aromatic N) is 4. The molecule has 0 aliphatic heterocycles. The normalized spacial score (nSPS) is 10.9. The summed E-state index contributed by atoms with van der Waals surface area (Å²) in [7, 11) is 1.80. The summed E-state index contributed by atoms with van der Waals surface area (Å²) < 4.78 is 1.66. The highest BCUT2D eigenvalue weighted by molar-refractivity contribution is 5.97. The van der Waals surface area contributed by atoms with E-state index in [2.05, 4.69) is 15.1 Å². The quantitative estimate of drug-likeness (QED) is 0.715. The second kappa shape index (κ2) is 4.41. The Morgan fingerprint density at radius 1 is 1.35 bits per heavy atom. The second-order valence-electron chi connectivity index (χ2n) is 4.57. The molecule has 6 heteroatoms. The molecular formula is C14H13N5O. The van der Waals surface area contributed by atoms with E-state index in [9.17, 15) is 4.79 Å². The SMILES string of the molecule is CC(=O)c1cccc(-c2nn(C)c3nc(N)ncc23)c1. The molecule has 0 saturated heterocycles. The van der Waals surface area contributed by atoms with Gasteiger partial charge < -0.3 is 5.73 Å². The maximum Gasteiger partial charge on any atom is 0.222 e. The topological polar surface area (TPSA) is 86.7 Å². The van der Waals surface area contributed by atoms with E-state index < -0.39 is 0 Å². The highest BCUT2D eigenvalue weighted by atomic mass is 16.1. The largest absolute Gasteiger partial charge is 0.368 e. The minimum atomic E-state index is 0.0209. The van der Waals surface area contributed by atoms with E-state index >= 15 is 0 Å². The zero-order chi connectivity index (χ0) is 14.3. The van der Waals surface area contributed by atoms with E-state index in [1.54, 1.807) is 30.9 Å². The number of carbonyl (C=O) groups is 1. The van der Waals surface area contributed by atoms with Crippen LogP contribution in [0.15, 0.2) is 30.5 Å². The summed E-state index contributed by atoms with van der Waals surface area (Å²) >= 11 is 0. The third kappa shape index (κ3) is 1.91. The first-order chi connectivity index (χ1) is 9.56. The Bertz CT molecular complexity index is 822. The molecule has 2 aromatic heterocycles. The van der Waals surface area contributed by atoms with Gasteiger partial charge in [0.1, 0.15) is 5.69 Å². The highest BCUT2D eigenvalue weighted by Crippen LogP contribution is 2.27. The summed E-state index contributed by atoms with van der Waals surface area (Å²) in [6.07, 6.45) is 1.65. The summed E-state index contributed by atoms with van der Waals surface area (Å²) in [6.45, 7) is 1.54. The van der Waals surface area contributed by atoms with E-state index in [0.29, 0.717) is 11.2 Å². The Hall–Kier alpha value is -2.76. The standard InChI is InChI=1S/C14H13N5O/c1-8(20)9-4-3-5-10(6-9)12-11-7-16-14(15)17-13(11)19(2)18-12/h3-7H,1-2H3,(H2,15,16,17). The van der Waals surface area contributed by atoms with Crippen LogP contribution in [-0.2, 0) is 7.05 Å². The number of Topliss-reactive ketones (excluding diaryl/α,β-unsaturated/α-hetero) is 1. The van der Waals surface area contributed by atoms with Gasteiger partial charge in [0, 0.05) is 24.4 Å². The van der Waals surface area contributed by atoms with Gasteiger partial charge in [-0.3, -0.25) is 4.79 Å². The van der Waals surface area contributed by atoms with Crippen LogP contribution in [0.1, 0.15) is 17.3 Å². The number of hydrogen-bond acceptors (Lipinski definition) is 5. The summed E-state index contributed by atoms with van der Waals surface area (Å²) in [5.74, 6) is 0.233. The molecule has 2 heterocycles. The fraction of sp³-hybridized carbons (Fsp3) is 0.143. The molecule has 20 heavy (non-hydrogen) atoms. The van der Waals surface area contributed by atoms with Crippen molar-refractivity contribution in [3.05, 3.63) is 36.0 Å². The highest BCUT2D eigenvalue weighted by Gasteiger charge is 2.13. The molecule has 0 radical (unpaired) electrons. The first kappa shape index (κ1) is 12.3. The monoisotopic (exact) mass is 267 g/mol. The van der Waals surface area contributed by atoms with Gasteiger partial charge in [0.05, 0.1) is 5.39 Å². The molecule has 0 atom stereocenters. The third-order valence-corrected chi connectivity index (χ3v) is 3.14. The van der Waals surface area contributed by atoms with Crippen LogP contribution in [0.2, 0.25) is 0 Å². The van der Waals surface area contributed by atoms with Crippen molar-refractivity contribution in [1.82, 2.24) is 19.7 Å². The summed E-state index contributed by atoms with van der Waals surface area (Å²) in [5.41, 5.74) is 8.51. The number of anilines is 1. The van der Waals surface area contributed by atoms with E-state index in [-0.39, 0.29) is 11.7 Å². The average Bonchev–Trinajstić information content (AvgIpc) is 2.76. The van der Waals surface area contributed by atoms with Gasteiger partial charge in [-0.1, -0.05) is 18.2 Å². The molecule has 100 valence electrons. The van der Waals surface area contributed by atoms with Gasteiger partial charge in [0.25, 0.3) is 0 Å². The molecule has 0 spiro atoms. The Morgan fingerprint density at radius 2 is 2.15 bits per heavy atom. The predicted molar refractivity (Wildman–Crippen MR) is 76.2 cm³/mol. The van der Waals surface area contributed by atoms with Gasteiger partial charge in [-0.15, -0.1) is 0 Å².